The molecule has 1 N–H and O–H groups in total. The lowest BCUT2D eigenvalue weighted by Gasteiger charge is -2.04. The number of nitrogens with one attached hydrogen (secondary N) is 1. The zero-order valence-corrected chi connectivity index (χ0v) is 9.78. The average Bonchev–Trinajstić information content (AvgIpc) is 2.99. The number of thiophene rings is 1. The van der Waals surface area contributed by atoms with Gasteiger partial charge in [-0.2, -0.15) is 4.98 Å². The molecule has 0 radical (unpaired) electrons. The van der Waals surface area contributed by atoms with Gasteiger partial charge in [0.1, 0.15) is 5.82 Å². The molecule has 0 aromatic carbocycles. The molecule has 6 heteroatoms. The van der Waals surface area contributed by atoms with Gasteiger partial charge in [0.15, 0.2) is 5.82 Å². The second-order valence-corrected chi connectivity index (χ2v) is 4.46. The van der Waals surface area contributed by atoms with Gasteiger partial charge in [0.25, 0.3) is 0 Å². The first-order valence-electron chi connectivity index (χ1n) is 5.25. The highest BCUT2D eigenvalue weighted by Crippen LogP contribution is 2.25. The quantitative estimate of drug-likeness (QED) is 0.765. The number of hydrogen-bond acceptors (Lipinski definition) is 6. The summed E-state index contributed by atoms with van der Waals surface area (Å²) < 4.78 is 5.91. The lowest BCUT2D eigenvalue weighted by atomic mass is 10.3. The first-order chi connectivity index (χ1) is 8.43. The molecule has 0 bridgehead atoms. The molecule has 0 aliphatic heterocycles. The Balaban J connectivity index is 1.70. The third-order valence-corrected chi connectivity index (χ3v) is 3.31. The van der Waals surface area contributed by atoms with Crippen molar-refractivity contribution < 1.29 is 4.52 Å². The van der Waals surface area contributed by atoms with Gasteiger partial charge in [-0.05, 0) is 17.5 Å². The largest absolute Gasteiger partial charge is 0.369 e. The zero-order chi connectivity index (χ0) is 11.5. The van der Waals surface area contributed by atoms with Crippen LogP contribution in [0.25, 0.3) is 10.1 Å². The molecule has 0 unspecified atom stereocenters. The number of anilines is 1. The number of hydrogen-bond donors (Lipinski definition) is 1. The third-order valence-electron chi connectivity index (χ3n) is 2.43. The summed E-state index contributed by atoms with van der Waals surface area (Å²) in [7, 11) is 0. The van der Waals surface area contributed by atoms with Gasteiger partial charge in [-0.15, -0.1) is 11.3 Å². The summed E-state index contributed by atoms with van der Waals surface area (Å²) >= 11 is 1.71. The summed E-state index contributed by atoms with van der Waals surface area (Å²) in [6.45, 7) is 0.738. The van der Waals surface area contributed by atoms with Crippen LogP contribution in [0.2, 0.25) is 0 Å². The van der Waals surface area contributed by atoms with E-state index in [1.54, 1.807) is 11.3 Å². The fourth-order valence-corrected chi connectivity index (χ4v) is 2.41. The van der Waals surface area contributed by atoms with E-state index in [1.165, 1.54) is 11.1 Å². The molecule has 0 fully saturated rings. The lowest BCUT2D eigenvalue weighted by Crippen LogP contribution is -2.07. The van der Waals surface area contributed by atoms with Crippen LogP contribution in [0.4, 0.5) is 5.82 Å². The molecule has 0 saturated carbocycles. The Hall–Kier alpha value is -1.95. The molecule has 0 amide bonds. The van der Waals surface area contributed by atoms with Crippen LogP contribution in [0.15, 0.2) is 34.6 Å². The van der Waals surface area contributed by atoms with Crippen molar-refractivity contribution in [3.63, 3.8) is 0 Å². The van der Waals surface area contributed by atoms with E-state index in [9.17, 15) is 0 Å². The predicted octanol–water partition coefficient (Wildman–Crippen LogP) is 2.33. The van der Waals surface area contributed by atoms with E-state index in [-0.39, 0.29) is 0 Å². The Bertz CT molecular complexity index is 605. The van der Waals surface area contributed by atoms with E-state index in [2.05, 4.69) is 36.4 Å². The maximum Gasteiger partial charge on any atom is 0.213 e. The summed E-state index contributed by atoms with van der Waals surface area (Å²) in [5.74, 6) is 1.61. The SMILES string of the molecule is c1cc2sccc2c(NCCc2ncon2)n1. The van der Waals surface area contributed by atoms with Crippen molar-refractivity contribution in [1.82, 2.24) is 15.1 Å². The van der Waals surface area contributed by atoms with Crippen LogP contribution in [-0.4, -0.2) is 21.7 Å². The van der Waals surface area contributed by atoms with E-state index < -0.39 is 0 Å². The van der Waals surface area contributed by atoms with Gasteiger partial charge in [0.05, 0.1) is 0 Å². The number of rotatable bonds is 4. The highest BCUT2D eigenvalue weighted by Gasteiger charge is 2.03. The fourth-order valence-electron chi connectivity index (χ4n) is 1.63. The average molecular weight is 246 g/mol. The van der Waals surface area contributed by atoms with Crippen molar-refractivity contribution in [2.75, 3.05) is 11.9 Å². The van der Waals surface area contributed by atoms with Crippen molar-refractivity contribution >= 4 is 27.2 Å². The van der Waals surface area contributed by atoms with Crippen molar-refractivity contribution in [2.24, 2.45) is 0 Å². The number of fused-ring (bicyclic) bond motifs is 1. The second kappa shape index (κ2) is 4.50. The third kappa shape index (κ3) is 2.12. The van der Waals surface area contributed by atoms with Crippen molar-refractivity contribution in [2.45, 2.75) is 6.42 Å². The number of pyridine rings is 1. The maximum atomic E-state index is 4.67. The van der Waals surface area contributed by atoms with Crippen molar-refractivity contribution in [1.29, 1.82) is 0 Å². The summed E-state index contributed by atoms with van der Waals surface area (Å²) in [4.78, 5) is 8.29. The van der Waals surface area contributed by atoms with Gasteiger partial charge in [-0.25, -0.2) is 4.98 Å². The fraction of sp³-hybridized carbons (Fsp3) is 0.182. The first-order valence-corrected chi connectivity index (χ1v) is 6.13. The van der Waals surface area contributed by atoms with Crippen LogP contribution >= 0.6 is 11.3 Å². The standard InChI is InChI=1S/C11H10N4OS/c1-4-12-11(8-3-6-17-9(1)8)13-5-2-10-14-7-16-15-10/h1,3-4,6-7H,2,5H2,(H,12,13). The smallest absolute Gasteiger partial charge is 0.213 e. The Morgan fingerprint density at radius 3 is 3.18 bits per heavy atom. The number of aromatic nitrogens is 3. The monoisotopic (exact) mass is 246 g/mol. The normalized spacial score (nSPS) is 10.8. The van der Waals surface area contributed by atoms with E-state index >= 15 is 0 Å². The van der Waals surface area contributed by atoms with Crippen molar-refractivity contribution in [3.05, 3.63) is 35.9 Å². The van der Waals surface area contributed by atoms with E-state index in [0.29, 0.717) is 5.82 Å². The van der Waals surface area contributed by atoms with Gasteiger partial charge in [-0.1, -0.05) is 5.16 Å². The Morgan fingerprint density at radius 2 is 2.29 bits per heavy atom. The molecule has 3 heterocycles. The summed E-state index contributed by atoms with van der Waals surface area (Å²) in [5.41, 5.74) is 0. The molecular weight excluding hydrogens is 236 g/mol. The van der Waals surface area contributed by atoms with E-state index in [4.69, 9.17) is 0 Å². The van der Waals surface area contributed by atoms with Crippen LogP contribution in [0.5, 0.6) is 0 Å². The molecule has 0 aliphatic rings. The van der Waals surface area contributed by atoms with Crippen LogP contribution < -0.4 is 5.32 Å². The Morgan fingerprint density at radius 1 is 1.29 bits per heavy atom. The van der Waals surface area contributed by atoms with E-state index in [1.807, 2.05) is 12.3 Å². The summed E-state index contributed by atoms with van der Waals surface area (Å²) in [6, 6.07) is 4.09. The lowest BCUT2D eigenvalue weighted by molar-refractivity contribution is 0.410. The predicted molar refractivity (Wildman–Crippen MR) is 66.1 cm³/mol. The molecule has 86 valence electrons. The number of nitrogens with zero attached hydrogens (tertiary/aromatic N) is 3. The zero-order valence-electron chi connectivity index (χ0n) is 8.96. The minimum absolute atomic E-state index is 0.704. The first kappa shape index (κ1) is 10.2. The molecule has 5 nitrogen and oxygen atoms in total. The van der Waals surface area contributed by atoms with Crippen LogP contribution in [0.3, 0.4) is 0 Å². The minimum Gasteiger partial charge on any atom is -0.369 e. The Labute approximate surface area is 101 Å². The Kier molecular flexibility index (Phi) is 2.71. The van der Waals surface area contributed by atoms with E-state index in [0.717, 1.165) is 24.2 Å². The molecule has 0 saturated heterocycles. The van der Waals surface area contributed by atoms with Crippen LogP contribution in [0, 0.1) is 0 Å². The summed E-state index contributed by atoms with van der Waals surface area (Å²) in [6.07, 6.45) is 3.88. The molecule has 0 spiro atoms. The molecule has 3 rings (SSSR count). The van der Waals surface area contributed by atoms with Gasteiger partial charge >= 0.3 is 0 Å². The highest BCUT2D eigenvalue weighted by atomic mass is 32.1. The summed E-state index contributed by atoms with van der Waals surface area (Å²) in [5, 5.41) is 10.3. The molecule has 3 aromatic heterocycles. The van der Waals surface area contributed by atoms with Gasteiger partial charge in [-0.3, -0.25) is 0 Å². The topological polar surface area (TPSA) is 63.8 Å². The van der Waals surface area contributed by atoms with Gasteiger partial charge in [0.2, 0.25) is 6.39 Å². The molecular formula is C11H10N4OS. The molecule has 0 aliphatic carbocycles. The molecule has 0 atom stereocenters. The highest BCUT2D eigenvalue weighted by molar-refractivity contribution is 7.17. The molecule has 17 heavy (non-hydrogen) atoms. The second-order valence-electron chi connectivity index (χ2n) is 3.52. The van der Waals surface area contributed by atoms with Crippen LogP contribution in [0.1, 0.15) is 5.82 Å². The van der Waals surface area contributed by atoms with Gasteiger partial charge in [0, 0.05) is 29.2 Å². The molecule has 3 aromatic rings. The van der Waals surface area contributed by atoms with Crippen molar-refractivity contribution in [3.8, 4) is 0 Å². The van der Waals surface area contributed by atoms with Crippen LogP contribution in [-0.2, 0) is 6.42 Å². The van der Waals surface area contributed by atoms with Gasteiger partial charge < -0.3 is 9.84 Å². The minimum atomic E-state index is 0.704. The maximum absolute atomic E-state index is 4.67.